The first-order chi connectivity index (χ1) is 14.2. The molecule has 1 amide bonds. The van der Waals surface area contributed by atoms with Gasteiger partial charge in [-0.1, -0.05) is 0 Å². The molecule has 0 saturated carbocycles. The van der Waals surface area contributed by atoms with E-state index >= 15 is 0 Å². The Labute approximate surface area is 172 Å². The number of rotatable bonds is 6. The topological polar surface area (TPSA) is 123 Å². The third kappa shape index (κ3) is 5.06. The summed E-state index contributed by atoms with van der Waals surface area (Å²) in [6.07, 6.45) is 3.53. The van der Waals surface area contributed by atoms with Crippen LogP contribution in [-0.2, 0) is 14.6 Å². The van der Waals surface area contributed by atoms with Crippen molar-refractivity contribution < 1.29 is 22.3 Å². The molecule has 0 aliphatic carbocycles. The molecule has 0 fully saturated rings. The summed E-state index contributed by atoms with van der Waals surface area (Å²) < 4.78 is 43.1. The van der Waals surface area contributed by atoms with Gasteiger partial charge in [0.25, 0.3) is 0 Å². The number of pyridine rings is 3. The van der Waals surface area contributed by atoms with Gasteiger partial charge in [-0.15, -0.1) is 0 Å². The van der Waals surface area contributed by atoms with Gasteiger partial charge in [0.05, 0.1) is 24.7 Å². The van der Waals surface area contributed by atoms with E-state index in [1.807, 2.05) is 0 Å². The lowest BCUT2D eigenvalue weighted by atomic mass is 10.1. The molecule has 30 heavy (non-hydrogen) atoms. The fraction of sp³-hybridized carbons (Fsp3) is 0.158. The quantitative estimate of drug-likeness (QED) is 0.611. The lowest BCUT2D eigenvalue weighted by molar-refractivity contribution is -0.114. The Morgan fingerprint density at radius 2 is 1.87 bits per heavy atom. The van der Waals surface area contributed by atoms with Crippen LogP contribution in [0.3, 0.4) is 0 Å². The molecule has 2 N–H and O–H groups in total. The molecule has 0 bridgehead atoms. The van der Waals surface area contributed by atoms with Crippen LogP contribution in [0.1, 0.15) is 6.92 Å². The van der Waals surface area contributed by atoms with E-state index in [4.69, 9.17) is 4.74 Å². The number of nitrogens with one attached hydrogen (secondary N) is 2. The van der Waals surface area contributed by atoms with E-state index in [-0.39, 0.29) is 28.2 Å². The van der Waals surface area contributed by atoms with E-state index in [1.54, 1.807) is 12.1 Å². The molecule has 0 spiro atoms. The molecule has 0 saturated heterocycles. The predicted molar refractivity (Wildman–Crippen MR) is 109 cm³/mol. The second-order valence-corrected chi connectivity index (χ2v) is 8.25. The van der Waals surface area contributed by atoms with E-state index in [1.165, 1.54) is 38.4 Å². The maximum atomic E-state index is 14.3. The highest BCUT2D eigenvalue weighted by atomic mass is 32.2. The molecule has 0 aliphatic rings. The number of sulfone groups is 1. The van der Waals surface area contributed by atoms with Gasteiger partial charge in [0, 0.05) is 37.1 Å². The summed E-state index contributed by atoms with van der Waals surface area (Å²) in [5, 5.41) is 5.10. The minimum atomic E-state index is -3.60. The summed E-state index contributed by atoms with van der Waals surface area (Å²) in [6.45, 7) is 1.37. The van der Waals surface area contributed by atoms with Crippen molar-refractivity contribution in [3.05, 3.63) is 48.5 Å². The normalized spacial score (nSPS) is 11.1. The molecule has 11 heteroatoms. The predicted octanol–water partition coefficient (Wildman–Crippen LogP) is 2.79. The smallest absolute Gasteiger partial charge is 0.222 e. The molecule has 0 unspecified atom stereocenters. The number of halogens is 1. The average Bonchev–Trinajstić information content (AvgIpc) is 2.69. The molecule has 0 aromatic carbocycles. The Morgan fingerprint density at radius 3 is 2.47 bits per heavy atom. The molecule has 9 nitrogen and oxygen atoms in total. The number of methoxy groups -OCH3 is 1. The Kier molecular flexibility index (Phi) is 5.92. The van der Waals surface area contributed by atoms with Crippen LogP contribution in [0.2, 0.25) is 0 Å². The molecular formula is C19H18FN5O4S. The second kappa shape index (κ2) is 8.41. The standard InChI is InChI=1S/C19H18FN5O4S/c1-11(26)23-17-5-4-12(9-22-17)15-8-16(14(20)10-21-15)24-18-6-13(29-2)7-19(25-18)30(3,27)28/h4-10H,1-3H3,(H,21,24,25)(H,22,23,26). The summed E-state index contributed by atoms with van der Waals surface area (Å²) in [5.74, 6) is -0.195. The summed E-state index contributed by atoms with van der Waals surface area (Å²) in [7, 11) is -2.22. The van der Waals surface area contributed by atoms with Crippen LogP contribution in [0.25, 0.3) is 11.3 Å². The minimum absolute atomic E-state index is 0.0335. The SMILES string of the molecule is COc1cc(Nc2cc(-c3ccc(NC(C)=O)nc3)ncc2F)nc(S(C)(=O)=O)c1. The summed E-state index contributed by atoms with van der Waals surface area (Å²) >= 11 is 0. The number of carbonyl (C=O) groups is 1. The summed E-state index contributed by atoms with van der Waals surface area (Å²) in [6, 6.07) is 7.42. The number of ether oxygens (including phenoxy) is 1. The Hall–Kier alpha value is -3.60. The molecule has 0 radical (unpaired) electrons. The molecule has 0 atom stereocenters. The van der Waals surface area contributed by atoms with Crippen LogP contribution in [0, 0.1) is 5.82 Å². The van der Waals surface area contributed by atoms with Crippen molar-refractivity contribution in [1.82, 2.24) is 15.0 Å². The Bertz CT molecular complexity index is 1200. The van der Waals surface area contributed by atoms with Gasteiger partial charge in [-0.3, -0.25) is 9.78 Å². The van der Waals surface area contributed by atoms with E-state index < -0.39 is 15.7 Å². The van der Waals surface area contributed by atoms with Crippen LogP contribution in [0.5, 0.6) is 5.75 Å². The number of nitrogens with zero attached hydrogens (tertiary/aromatic N) is 3. The molecule has 156 valence electrons. The highest BCUT2D eigenvalue weighted by Crippen LogP contribution is 2.27. The van der Waals surface area contributed by atoms with Crippen molar-refractivity contribution in [1.29, 1.82) is 0 Å². The Morgan fingerprint density at radius 1 is 1.10 bits per heavy atom. The zero-order valence-electron chi connectivity index (χ0n) is 16.3. The van der Waals surface area contributed by atoms with Crippen LogP contribution in [0.4, 0.5) is 21.7 Å². The Balaban J connectivity index is 1.94. The van der Waals surface area contributed by atoms with Gasteiger partial charge in [-0.25, -0.2) is 22.8 Å². The van der Waals surface area contributed by atoms with Crippen LogP contribution in [0.15, 0.2) is 47.8 Å². The molecular weight excluding hydrogens is 413 g/mol. The van der Waals surface area contributed by atoms with Gasteiger partial charge in [-0.2, -0.15) is 0 Å². The lowest BCUT2D eigenvalue weighted by Gasteiger charge is -2.11. The van der Waals surface area contributed by atoms with E-state index in [2.05, 4.69) is 25.6 Å². The summed E-state index contributed by atoms with van der Waals surface area (Å²) in [5.41, 5.74) is 1.03. The maximum Gasteiger partial charge on any atom is 0.222 e. The van der Waals surface area contributed by atoms with Gasteiger partial charge in [-0.05, 0) is 18.2 Å². The highest BCUT2D eigenvalue weighted by Gasteiger charge is 2.15. The number of anilines is 3. The van der Waals surface area contributed by atoms with Gasteiger partial charge in [0.15, 0.2) is 20.7 Å². The van der Waals surface area contributed by atoms with Crippen molar-refractivity contribution in [2.75, 3.05) is 24.0 Å². The molecule has 3 rings (SSSR count). The number of carbonyl (C=O) groups excluding carboxylic acids is 1. The number of hydrogen-bond donors (Lipinski definition) is 2. The first kappa shape index (κ1) is 21.1. The zero-order chi connectivity index (χ0) is 21.9. The number of aromatic nitrogens is 3. The van der Waals surface area contributed by atoms with E-state index in [0.29, 0.717) is 17.1 Å². The van der Waals surface area contributed by atoms with E-state index in [0.717, 1.165) is 12.5 Å². The fourth-order valence-electron chi connectivity index (χ4n) is 2.48. The third-order valence-corrected chi connectivity index (χ3v) is 4.84. The molecule has 3 aromatic heterocycles. The average molecular weight is 431 g/mol. The summed E-state index contributed by atoms with van der Waals surface area (Å²) in [4.78, 5) is 23.3. The van der Waals surface area contributed by atoms with Crippen LogP contribution >= 0.6 is 0 Å². The van der Waals surface area contributed by atoms with Crippen molar-refractivity contribution >= 4 is 33.1 Å². The van der Waals surface area contributed by atoms with Crippen molar-refractivity contribution in [3.8, 4) is 17.0 Å². The van der Waals surface area contributed by atoms with Gasteiger partial charge >= 0.3 is 0 Å². The van der Waals surface area contributed by atoms with Gasteiger partial charge in [0.1, 0.15) is 17.4 Å². The first-order valence-electron chi connectivity index (χ1n) is 8.58. The monoisotopic (exact) mass is 431 g/mol. The van der Waals surface area contributed by atoms with Crippen LogP contribution in [-0.4, -0.2) is 42.6 Å². The lowest BCUT2D eigenvalue weighted by Crippen LogP contribution is -2.07. The molecule has 3 heterocycles. The largest absolute Gasteiger partial charge is 0.497 e. The van der Waals surface area contributed by atoms with E-state index in [9.17, 15) is 17.6 Å². The van der Waals surface area contributed by atoms with Gasteiger partial charge < -0.3 is 15.4 Å². The van der Waals surface area contributed by atoms with Crippen molar-refractivity contribution in [2.24, 2.45) is 0 Å². The zero-order valence-corrected chi connectivity index (χ0v) is 17.1. The van der Waals surface area contributed by atoms with Crippen LogP contribution < -0.4 is 15.4 Å². The third-order valence-electron chi connectivity index (χ3n) is 3.87. The van der Waals surface area contributed by atoms with Gasteiger partial charge in [0.2, 0.25) is 5.91 Å². The minimum Gasteiger partial charge on any atom is -0.497 e. The number of hydrogen-bond acceptors (Lipinski definition) is 8. The molecule has 0 aliphatic heterocycles. The molecule has 3 aromatic rings. The fourth-order valence-corrected chi connectivity index (χ4v) is 3.08. The van der Waals surface area contributed by atoms with Crippen molar-refractivity contribution in [2.45, 2.75) is 11.9 Å². The second-order valence-electron chi connectivity index (χ2n) is 6.29. The van der Waals surface area contributed by atoms with Crippen molar-refractivity contribution in [3.63, 3.8) is 0 Å². The highest BCUT2D eigenvalue weighted by molar-refractivity contribution is 7.90. The maximum absolute atomic E-state index is 14.3. The number of amides is 1. The first-order valence-corrected chi connectivity index (χ1v) is 10.5.